The molecule has 0 aromatic carbocycles. The van der Waals surface area contributed by atoms with Crippen LogP contribution >= 0.6 is 0 Å². The molecule has 0 aromatic rings. The smallest absolute Gasteiger partial charge is 0.224 e. The maximum Gasteiger partial charge on any atom is 0.224 e. The molecule has 0 bridgehead atoms. The summed E-state index contributed by atoms with van der Waals surface area (Å²) in [6, 6.07) is 0. The van der Waals surface area contributed by atoms with Gasteiger partial charge in [0.25, 0.3) is 0 Å². The van der Waals surface area contributed by atoms with Gasteiger partial charge in [-0.2, -0.15) is 0 Å². The highest BCUT2D eigenvalue weighted by atomic mass is 16.9. The Morgan fingerprint density at radius 1 is 1.20 bits per heavy atom. The predicted octanol–water partition coefficient (Wildman–Crippen LogP) is -1.42. The zero-order valence-corrected chi connectivity index (χ0v) is 8.71. The maximum absolute atomic E-state index is 9.79. The summed E-state index contributed by atoms with van der Waals surface area (Å²) < 4.78 is 16.2. The molecule has 0 radical (unpaired) electrons. The lowest BCUT2D eigenvalue weighted by Crippen LogP contribution is -2.43. The largest absolute Gasteiger partial charge is 0.394 e. The van der Waals surface area contributed by atoms with Gasteiger partial charge in [0, 0.05) is 0 Å². The van der Waals surface area contributed by atoms with E-state index in [0.29, 0.717) is 0 Å². The van der Waals surface area contributed by atoms with E-state index in [0.717, 1.165) is 0 Å². The van der Waals surface area contributed by atoms with Crippen molar-refractivity contribution in [1.82, 2.24) is 0 Å². The number of rotatable bonds is 2. The van der Waals surface area contributed by atoms with Crippen molar-refractivity contribution in [3.8, 4) is 0 Å². The summed E-state index contributed by atoms with van der Waals surface area (Å²) in [5, 5.41) is 28.0. The standard InChI is InChI=1S/C9H16O6/c1-8(2)14-7-6(12)5(3-10)13-9(7,4-11)15-8/h5-7,10-12H,3-4H2,1-2H3/t5-,6?,7+,9-/m0/s1. The van der Waals surface area contributed by atoms with Gasteiger partial charge in [0.05, 0.1) is 6.61 Å². The second-order valence-electron chi connectivity index (χ2n) is 4.34. The van der Waals surface area contributed by atoms with Crippen LogP contribution in [0.2, 0.25) is 0 Å². The molecule has 6 heteroatoms. The first-order chi connectivity index (χ1) is 6.94. The van der Waals surface area contributed by atoms with Crippen molar-refractivity contribution in [2.24, 2.45) is 0 Å². The summed E-state index contributed by atoms with van der Waals surface area (Å²) in [6.45, 7) is 2.58. The lowest BCUT2D eigenvalue weighted by Gasteiger charge is -2.26. The highest BCUT2D eigenvalue weighted by Crippen LogP contribution is 2.44. The third-order valence-corrected chi connectivity index (χ3v) is 2.71. The molecule has 0 amide bonds. The Balaban J connectivity index is 2.24. The van der Waals surface area contributed by atoms with Crippen LogP contribution in [0.1, 0.15) is 13.8 Å². The van der Waals surface area contributed by atoms with E-state index in [1.54, 1.807) is 13.8 Å². The van der Waals surface area contributed by atoms with E-state index in [4.69, 9.17) is 19.3 Å². The molecule has 2 aliphatic rings. The fourth-order valence-electron chi connectivity index (χ4n) is 2.14. The van der Waals surface area contributed by atoms with E-state index >= 15 is 0 Å². The van der Waals surface area contributed by atoms with Gasteiger partial charge >= 0.3 is 0 Å². The summed E-state index contributed by atoms with van der Waals surface area (Å²) >= 11 is 0. The molecule has 0 aromatic heterocycles. The van der Waals surface area contributed by atoms with Gasteiger partial charge in [-0.3, -0.25) is 0 Å². The van der Waals surface area contributed by atoms with Gasteiger partial charge in [-0.25, -0.2) is 0 Å². The predicted molar refractivity (Wildman–Crippen MR) is 47.8 cm³/mol. The van der Waals surface area contributed by atoms with Crippen molar-refractivity contribution < 1.29 is 29.5 Å². The van der Waals surface area contributed by atoms with Crippen molar-refractivity contribution in [1.29, 1.82) is 0 Å². The van der Waals surface area contributed by atoms with Crippen molar-refractivity contribution in [3.05, 3.63) is 0 Å². The quantitative estimate of drug-likeness (QED) is 0.529. The summed E-state index contributed by atoms with van der Waals surface area (Å²) in [5.74, 6) is -2.26. The van der Waals surface area contributed by atoms with Gasteiger partial charge in [0.2, 0.25) is 5.79 Å². The molecule has 0 saturated carbocycles. The van der Waals surface area contributed by atoms with E-state index in [-0.39, 0.29) is 6.61 Å². The first-order valence-electron chi connectivity index (χ1n) is 4.90. The van der Waals surface area contributed by atoms with E-state index in [1.165, 1.54) is 0 Å². The summed E-state index contributed by atoms with van der Waals surface area (Å²) in [4.78, 5) is 0. The molecule has 1 unspecified atom stereocenters. The molecular weight excluding hydrogens is 204 g/mol. The zero-order valence-electron chi connectivity index (χ0n) is 8.71. The Labute approximate surface area is 87.4 Å². The maximum atomic E-state index is 9.79. The highest BCUT2D eigenvalue weighted by molar-refractivity contribution is 5.02. The van der Waals surface area contributed by atoms with Gasteiger partial charge in [-0.1, -0.05) is 0 Å². The molecule has 2 aliphatic heterocycles. The average Bonchev–Trinajstić information content (AvgIpc) is 2.58. The van der Waals surface area contributed by atoms with Crippen molar-refractivity contribution in [2.75, 3.05) is 13.2 Å². The lowest BCUT2D eigenvalue weighted by atomic mass is 10.1. The molecule has 6 nitrogen and oxygen atoms in total. The minimum Gasteiger partial charge on any atom is -0.394 e. The fourth-order valence-corrected chi connectivity index (χ4v) is 2.14. The van der Waals surface area contributed by atoms with Crippen molar-refractivity contribution in [2.45, 2.75) is 43.7 Å². The highest BCUT2D eigenvalue weighted by Gasteiger charge is 2.64. The minimum absolute atomic E-state index is 0.341. The molecule has 88 valence electrons. The van der Waals surface area contributed by atoms with Crippen molar-refractivity contribution in [3.63, 3.8) is 0 Å². The van der Waals surface area contributed by atoms with E-state index in [1.807, 2.05) is 0 Å². The second-order valence-corrected chi connectivity index (χ2v) is 4.34. The molecule has 2 saturated heterocycles. The average molecular weight is 220 g/mol. The Morgan fingerprint density at radius 2 is 1.87 bits per heavy atom. The van der Waals surface area contributed by atoms with E-state index in [2.05, 4.69) is 0 Å². The Bertz CT molecular complexity index is 255. The molecule has 4 atom stereocenters. The van der Waals surface area contributed by atoms with Gasteiger partial charge in [0.15, 0.2) is 5.79 Å². The first-order valence-corrected chi connectivity index (χ1v) is 4.90. The minimum atomic E-state index is -1.35. The summed E-state index contributed by atoms with van der Waals surface area (Å²) in [7, 11) is 0. The van der Waals surface area contributed by atoms with Gasteiger partial charge in [0.1, 0.15) is 24.9 Å². The van der Waals surface area contributed by atoms with E-state index < -0.39 is 36.5 Å². The Kier molecular flexibility index (Phi) is 2.53. The third kappa shape index (κ3) is 1.57. The fraction of sp³-hybridized carbons (Fsp3) is 1.00. The first kappa shape index (κ1) is 11.3. The zero-order chi connectivity index (χ0) is 11.3. The number of hydrogen-bond donors (Lipinski definition) is 3. The normalized spacial score (nSPS) is 48.2. The van der Waals surface area contributed by atoms with Crippen LogP contribution in [0, 0.1) is 0 Å². The molecule has 2 heterocycles. The number of ether oxygens (including phenoxy) is 3. The Hall–Kier alpha value is -0.240. The molecule has 2 rings (SSSR count). The number of hydrogen-bond acceptors (Lipinski definition) is 6. The summed E-state index contributed by atoms with van der Waals surface area (Å²) in [6.07, 6.45) is -2.54. The third-order valence-electron chi connectivity index (χ3n) is 2.71. The molecule has 2 fully saturated rings. The van der Waals surface area contributed by atoms with Crippen LogP contribution in [0.15, 0.2) is 0 Å². The van der Waals surface area contributed by atoms with Crippen molar-refractivity contribution >= 4 is 0 Å². The molecule has 0 aliphatic carbocycles. The summed E-state index contributed by atoms with van der Waals surface area (Å²) in [5.41, 5.74) is 0. The van der Waals surface area contributed by atoms with Crippen LogP contribution in [0.4, 0.5) is 0 Å². The molecule has 0 spiro atoms. The lowest BCUT2D eigenvalue weighted by molar-refractivity contribution is -0.276. The Morgan fingerprint density at radius 3 is 2.33 bits per heavy atom. The van der Waals surface area contributed by atoms with E-state index in [9.17, 15) is 10.2 Å². The second kappa shape index (κ2) is 3.38. The van der Waals surface area contributed by atoms with Crippen LogP contribution in [0.25, 0.3) is 0 Å². The monoisotopic (exact) mass is 220 g/mol. The number of fused-ring (bicyclic) bond motifs is 1. The number of aliphatic hydroxyl groups is 3. The van der Waals surface area contributed by atoms with Crippen LogP contribution in [0.5, 0.6) is 0 Å². The molecular formula is C9H16O6. The van der Waals surface area contributed by atoms with Gasteiger partial charge < -0.3 is 29.5 Å². The van der Waals surface area contributed by atoms with Crippen LogP contribution < -0.4 is 0 Å². The molecule has 3 N–H and O–H groups in total. The number of aliphatic hydroxyl groups excluding tert-OH is 3. The van der Waals surface area contributed by atoms with Gasteiger partial charge in [-0.15, -0.1) is 0 Å². The van der Waals surface area contributed by atoms with Crippen LogP contribution in [-0.2, 0) is 14.2 Å². The topological polar surface area (TPSA) is 88.4 Å². The SMILES string of the molecule is CC1(C)O[C@@H]2C(O)[C@H](CO)O[C@@]2(CO)O1. The van der Waals surface area contributed by atoms with Crippen LogP contribution in [-0.4, -0.2) is 58.4 Å². The van der Waals surface area contributed by atoms with Crippen LogP contribution in [0.3, 0.4) is 0 Å². The van der Waals surface area contributed by atoms with Gasteiger partial charge in [-0.05, 0) is 13.8 Å². The molecule has 15 heavy (non-hydrogen) atoms.